The van der Waals surface area contributed by atoms with Gasteiger partial charge in [0.25, 0.3) is 0 Å². The topological polar surface area (TPSA) is 57.6 Å². The van der Waals surface area contributed by atoms with Crippen molar-refractivity contribution in [2.24, 2.45) is 0 Å². The van der Waals surface area contributed by atoms with Gasteiger partial charge in [-0.15, -0.1) is 9.24 Å². The van der Waals surface area contributed by atoms with Gasteiger partial charge in [-0.3, -0.25) is 0 Å². The number of nitrogens with zero attached hydrogens (tertiary/aromatic N) is 1. The van der Waals surface area contributed by atoms with Crippen molar-refractivity contribution in [3.05, 3.63) is 0 Å². The summed E-state index contributed by atoms with van der Waals surface area (Å²) in [6.45, 7) is 3.94. The Labute approximate surface area is 81.6 Å². The van der Waals surface area contributed by atoms with Crippen LogP contribution >= 0.6 is 9.24 Å². The Kier molecular flexibility index (Phi) is 3.33. The van der Waals surface area contributed by atoms with Crippen molar-refractivity contribution in [2.75, 3.05) is 13.1 Å². The number of rotatable bonds is 2. The highest BCUT2D eigenvalue weighted by molar-refractivity contribution is 7.89. The van der Waals surface area contributed by atoms with Crippen LogP contribution in [0, 0.1) is 0 Å². The number of sulfonamides is 1. The standard InChI is InChI=1S/C7H16NO3PS/c1-5(2)13(10,11)8-3-6(9)7(12)4-8/h5-7,9H,3-4,12H2,1-2H3/t6?,7-/m1/s1. The fourth-order valence-corrected chi connectivity index (χ4v) is 3.15. The molecule has 2 unspecified atom stereocenters. The van der Waals surface area contributed by atoms with Gasteiger partial charge in [0.1, 0.15) is 0 Å². The van der Waals surface area contributed by atoms with Gasteiger partial charge in [-0.05, 0) is 13.8 Å². The highest BCUT2D eigenvalue weighted by Gasteiger charge is 2.36. The smallest absolute Gasteiger partial charge is 0.216 e. The second-order valence-electron chi connectivity index (χ2n) is 3.64. The van der Waals surface area contributed by atoms with Gasteiger partial charge >= 0.3 is 0 Å². The lowest BCUT2D eigenvalue weighted by Gasteiger charge is -2.18. The SMILES string of the molecule is CC(C)S(=O)(=O)N1CC(O)[C@H](P)C1. The van der Waals surface area contributed by atoms with Crippen molar-refractivity contribution in [3.63, 3.8) is 0 Å². The molecule has 1 aliphatic heterocycles. The molecule has 0 aromatic rings. The van der Waals surface area contributed by atoms with Crippen LogP contribution < -0.4 is 0 Å². The molecule has 1 heterocycles. The normalized spacial score (nSPS) is 31.5. The summed E-state index contributed by atoms with van der Waals surface area (Å²) in [6, 6.07) is 0. The molecule has 0 aliphatic carbocycles. The zero-order chi connectivity index (χ0) is 10.2. The molecule has 0 bridgehead atoms. The van der Waals surface area contributed by atoms with Crippen molar-refractivity contribution >= 4 is 19.3 Å². The van der Waals surface area contributed by atoms with Crippen molar-refractivity contribution in [1.29, 1.82) is 0 Å². The monoisotopic (exact) mass is 225 g/mol. The highest BCUT2D eigenvalue weighted by Crippen LogP contribution is 2.22. The summed E-state index contributed by atoms with van der Waals surface area (Å²) in [4.78, 5) is 0. The lowest BCUT2D eigenvalue weighted by atomic mass is 10.3. The molecule has 0 aromatic heterocycles. The Morgan fingerprint density at radius 3 is 2.31 bits per heavy atom. The van der Waals surface area contributed by atoms with E-state index >= 15 is 0 Å². The predicted molar refractivity (Wildman–Crippen MR) is 55.1 cm³/mol. The molecule has 1 N–H and O–H groups in total. The maximum absolute atomic E-state index is 11.6. The lowest BCUT2D eigenvalue weighted by molar-refractivity contribution is 0.193. The Balaban J connectivity index is 2.77. The van der Waals surface area contributed by atoms with E-state index in [1.54, 1.807) is 13.8 Å². The Bertz CT molecular complexity index is 267. The highest BCUT2D eigenvalue weighted by atomic mass is 32.2. The van der Waals surface area contributed by atoms with Crippen molar-refractivity contribution in [2.45, 2.75) is 30.9 Å². The second-order valence-corrected chi connectivity index (χ2v) is 6.99. The number of β-amino-alcohol motifs (C(OH)–C–C–N with tert-alkyl or cyclic N) is 1. The van der Waals surface area contributed by atoms with Gasteiger partial charge in [0.15, 0.2) is 0 Å². The molecule has 3 atom stereocenters. The van der Waals surface area contributed by atoms with Crippen LogP contribution in [0.15, 0.2) is 0 Å². The van der Waals surface area contributed by atoms with E-state index in [-0.39, 0.29) is 12.2 Å². The van der Waals surface area contributed by atoms with Gasteiger partial charge in [0.05, 0.1) is 11.4 Å². The minimum atomic E-state index is -3.18. The summed E-state index contributed by atoms with van der Waals surface area (Å²) in [5.41, 5.74) is -0.0338. The first kappa shape index (κ1) is 11.4. The predicted octanol–water partition coefficient (Wildman–Crippen LogP) is -0.355. The Morgan fingerprint density at radius 2 is 2.00 bits per heavy atom. The molecule has 1 aliphatic rings. The molecule has 13 heavy (non-hydrogen) atoms. The Morgan fingerprint density at radius 1 is 1.46 bits per heavy atom. The molecule has 0 spiro atoms. The number of aliphatic hydroxyl groups is 1. The summed E-state index contributed by atoms with van der Waals surface area (Å²) in [5, 5.41) is 8.98. The largest absolute Gasteiger partial charge is 0.391 e. The van der Waals surface area contributed by atoms with Crippen LogP contribution in [-0.2, 0) is 10.0 Å². The summed E-state index contributed by atoms with van der Waals surface area (Å²) in [5.74, 6) is 0. The second kappa shape index (κ2) is 3.81. The molecule has 4 nitrogen and oxygen atoms in total. The van der Waals surface area contributed by atoms with Gasteiger partial charge in [-0.25, -0.2) is 8.42 Å². The summed E-state index contributed by atoms with van der Waals surface area (Å²) < 4.78 is 24.6. The molecule has 0 aromatic carbocycles. The molecule has 1 saturated heterocycles. The molecule has 0 amide bonds. The number of aliphatic hydroxyl groups excluding tert-OH is 1. The van der Waals surface area contributed by atoms with E-state index in [4.69, 9.17) is 0 Å². The first-order valence-corrected chi connectivity index (χ1v) is 6.45. The van der Waals surface area contributed by atoms with Crippen LogP contribution in [0.25, 0.3) is 0 Å². The maximum Gasteiger partial charge on any atom is 0.216 e. The van der Waals surface area contributed by atoms with E-state index in [2.05, 4.69) is 9.24 Å². The zero-order valence-electron chi connectivity index (χ0n) is 7.84. The van der Waals surface area contributed by atoms with Crippen LogP contribution in [0.2, 0.25) is 0 Å². The quantitative estimate of drug-likeness (QED) is 0.653. The van der Waals surface area contributed by atoms with E-state index in [0.29, 0.717) is 6.54 Å². The van der Waals surface area contributed by atoms with E-state index in [1.807, 2.05) is 0 Å². The third-order valence-electron chi connectivity index (χ3n) is 2.25. The van der Waals surface area contributed by atoms with E-state index in [0.717, 1.165) is 0 Å². The van der Waals surface area contributed by atoms with Crippen molar-refractivity contribution in [1.82, 2.24) is 4.31 Å². The van der Waals surface area contributed by atoms with Crippen LogP contribution in [-0.4, -0.2) is 47.9 Å². The molecular weight excluding hydrogens is 209 g/mol. The minimum Gasteiger partial charge on any atom is -0.391 e. The van der Waals surface area contributed by atoms with Crippen LogP contribution in [0.1, 0.15) is 13.8 Å². The lowest BCUT2D eigenvalue weighted by Crippen LogP contribution is -2.35. The molecular formula is C7H16NO3PS. The van der Waals surface area contributed by atoms with E-state index < -0.39 is 21.4 Å². The molecule has 6 heteroatoms. The van der Waals surface area contributed by atoms with E-state index in [1.165, 1.54) is 4.31 Å². The molecule has 0 saturated carbocycles. The number of hydrogen-bond donors (Lipinski definition) is 1. The molecule has 1 fully saturated rings. The van der Waals surface area contributed by atoms with Crippen LogP contribution in [0.5, 0.6) is 0 Å². The van der Waals surface area contributed by atoms with Crippen LogP contribution in [0.4, 0.5) is 0 Å². The summed E-state index contributed by atoms with van der Waals surface area (Å²) in [6.07, 6.45) is -0.543. The summed E-state index contributed by atoms with van der Waals surface area (Å²) in [7, 11) is -0.713. The van der Waals surface area contributed by atoms with Gasteiger partial charge in [-0.1, -0.05) is 0 Å². The average Bonchev–Trinajstić information content (AvgIpc) is 2.32. The maximum atomic E-state index is 11.6. The van der Waals surface area contributed by atoms with Gasteiger partial charge < -0.3 is 5.11 Å². The zero-order valence-corrected chi connectivity index (χ0v) is 9.81. The first-order valence-electron chi connectivity index (χ1n) is 4.28. The van der Waals surface area contributed by atoms with Crippen molar-refractivity contribution in [3.8, 4) is 0 Å². The Hall–Kier alpha value is 0.300. The first-order chi connectivity index (χ1) is 5.85. The molecule has 1 rings (SSSR count). The summed E-state index contributed by atoms with van der Waals surface area (Å²) >= 11 is 0. The van der Waals surface area contributed by atoms with Gasteiger partial charge in [-0.2, -0.15) is 4.31 Å². The number of hydrogen-bond acceptors (Lipinski definition) is 3. The van der Waals surface area contributed by atoms with Crippen molar-refractivity contribution < 1.29 is 13.5 Å². The fraction of sp³-hybridized carbons (Fsp3) is 1.00. The average molecular weight is 225 g/mol. The van der Waals surface area contributed by atoms with Crippen LogP contribution in [0.3, 0.4) is 0 Å². The van der Waals surface area contributed by atoms with Gasteiger partial charge in [0.2, 0.25) is 10.0 Å². The molecule has 78 valence electrons. The third-order valence-corrected chi connectivity index (χ3v) is 5.12. The minimum absolute atomic E-state index is 0.0338. The fourth-order valence-electron chi connectivity index (χ4n) is 1.28. The third kappa shape index (κ3) is 2.21. The van der Waals surface area contributed by atoms with Gasteiger partial charge in [0, 0.05) is 18.7 Å². The molecule has 0 radical (unpaired) electrons. The van der Waals surface area contributed by atoms with E-state index in [9.17, 15) is 13.5 Å².